The Labute approximate surface area is 174 Å². The first-order chi connectivity index (χ1) is 13.0. The van der Waals surface area contributed by atoms with Gasteiger partial charge in [-0.25, -0.2) is 5.43 Å². The average Bonchev–Trinajstić information content (AvgIpc) is 2.60. The monoisotopic (exact) mass is 447 g/mol. The van der Waals surface area contributed by atoms with E-state index < -0.39 is 16.5 Å². The first-order valence-electron chi connectivity index (χ1n) is 8.68. The van der Waals surface area contributed by atoms with Gasteiger partial charge >= 0.3 is 0 Å². The SMILES string of the molecule is CCOP(=S)(OCC)SCC(=NNC(=O)c1ccc([N+](=O)[O-])cc1)C(C)(C)C. The van der Waals surface area contributed by atoms with Gasteiger partial charge in [-0.1, -0.05) is 32.2 Å². The maximum absolute atomic E-state index is 12.3. The van der Waals surface area contributed by atoms with E-state index in [1.165, 1.54) is 35.6 Å². The van der Waals surface area contributed by atoms with Gasteiger partial charge in [-0.2, -0.15) is 5.10 Å². The number of hydrogen-bond donors (Lipinski definition) is 1. The normalized spacial score (nSPS) is 12.7. The Morgan fingerprint density at radius 3 is 2.21 bits per heavy atom. The van der Waals surface area contributed by atoms with Crippen LogP contribution in [0.4, 0.5) is 5.69 Å². The summed E-state index contributed by atoms with van der Waals surface area (Å²) in [6.07, 6.45) is 0. The van der Waals surface area contributed by atoms with E-state index in [0.717, 1.165) is 5.71 Å². The summed E-state index contributed by atoms with van der Waals surface area (Å²) in [5, 5.41) is 15.0. The van der Waals surface area contributed by atoms with E-state index in [1.807, 2.05) is 34.6 Å². The third-order valence-corrected chi connectivity index (χ3v) is 8.85. The molecule has 28 heavy (non-hydrogen) atoms. The van der Waals surface area contributed by atoms with Crippen LogP contribution < -0.4 is 5.43 Å². The largest absolute Gasteiger partial charge is 0.322 e. The second-order valence-corrected chi connectivity index (χ2v) is 12.9. The molecule has 1 aromatic rings. The highest BCUT2D eigenvalue weighted by molar-refractivity contribution is 8.68. The lowest BCUT2D eigenvalue weighted by Crippen LogP contribution is -2.28. The minimum absolute atomic E-state index is 0.0792. The second-order valence-electron chi connectivity index (χ2n) is 6.61. The molecule has 0 aliphatic heterocycles. The number of carbonyl (C=O) groups excluding carboxylic acids is 1. The molecule has 0 saturated carbocycles. The Morgan fingerprint density at radius 2 is 1.79 bits per heavy atom. The minimum Gasteiger partial charge on any atom is -0.322 e. The quantitative estimate of drug-likeness (QED) is 0.239. The van der Waals surface area contributed by atoms with Gasteiger partial charge in [0.15, 0.2) is 0 Å². The smallest absolute Gasteiger partial charge is 0.271 e. The van der Waals surface area contributed by atoms with Gasteiger partial charge in [0.25, 0.3) is 11.6 Å². The van der Waals surface area contributed by atoms with E-state index in [-0.39, 0.29) is 16.7 Å². The van der Waals surface area contributed by atoms with Gasteiger partial charge < -0.3 is 9.05 Å². The van der Waals surface area contributed by atoms with Crippen molar-refractivity contribution < 1.29 is 18.8 Å². The first-order valence-corrected chi connectivity index (χ1v) is 12.9. The van der Waals surface area contributed by atoms with E-state index in [9.17, 15) is 14.9 Å². The fraction of sp³-hybridized carbons (Fsp3) is 0.529. The van der Waals surface area contributed by atoms with Gasteiger partial charge in [-0.05, 0) is 37.8 Å². The van der Waals surface area contributed by atoms with Crippen LogP contribution in [0.3, 0.4) is 0 Å². The average molecular weight is 448 g/mol. The van der Waals surface area contributed by atoms with Crippen molar-refractivity contribution in [3.05, 3.63) is 39.9 Å². The predicted molar refractivity (Wildman–Crippen MR) is 117 cm³/mol. The number of non-ortho nitro benzene ring substituents is 1. The lowest BCUT2D eigenvalue weighted by molar-refractivity contribution is -0.384. The van der Waals surface area contributed by atoms with Crippen molar-refractivity contribution in [1.29, 1.82) is 0 Å². The molecule has 8 nitrogen and oxygen atoms in total. The zero-order valence-corrected chi connectivity index (χ0v) is 19.2. The lowest BCUT2D eigenvalue weighted by atomic mass is 9.91. The van der Waals surface area contributed by atoms with Crippen molar-refractivity contribution in [3.8, 4) is 0 Å². The number of nitro benzene ring substituents is 1. The summed E-state index contributed by atoms with van der Waals surface area (Å²) in [6, 6.07) is 5.33. The number of hydrazone groups is 1. The van der Waals surface area contributed by atoms with Gasteiger partial charge in [0.05, 0.1) is 23.8 Å². The molecule has 0 fully saturated rings. The predicted octanol–water partition coefficient (Wildman–Crippen LogP) is 4.76. The molecule has 0 aromatic heterocycles. The second kappa shape index (κ2) is 11.0. The van der Waals surface area contributed by atoms with Crippen LogP contribution in [0.15, 0.2) is 29.4 Å². The summed E-state index contributed by atoms with van der Waals surface area (Å²) in [5.74, 6) is -0.00268. The molecule has 0 radical (unpaired) electrons. The molecule has 11 heteroatoms. The number of nitrogens with zero attached hydrogens (tertiary/aromatic N) is 2. The third-order valence-electron chi connectivity index (χ3n) is 3.43. The molecule has 0 unspecified atom stereocenters. The van der Waals surface area contributed by atoms with Crippen LogP contribution >= 0.6 is 17.1 Å². The summed E-state index contributed by atoms with van der Waals surface area (Å²) in [5.41, 5.74) is 0.661. The molecule has 1 N–H and O–H groups in total. The Bertz CT molecular complexity index is 753. The van der Waals surface area contributed by atoms with Crippen LogP contribution in [-0.4, -0.2) is 35.5 Å². The maximum atomic E-state index is 12.3. The number of amides is 1. The van der Waals surface area contributed by atoms with Gasteiger partial charge in [0.1, 0.15) is 0 Å². The van der Waals surface area contributed by atoms with Crippen molar-refractivity contribution in [1.82, 2.24) is 5.43 Å². The molecule has 0 bridgehead atoms. The van der Waals surface area contributed by atoms with Crippen molar-refractivity contribution in [3.63, 3.8) is 0 Å². The highest BCUT2D eigenvalue weighted by Gasteiger charge is 2.25. The summed E-state index contributed by atoms with van der Waals surface area (Å²) in [6.45, 7) is 10.6. The fourth-order valence-corrected chi connectivity index (χ4v) is 6.56. The Hall–Kier alpha value is -1.32. The number of rotatable bonds is 10. The number of nitro groups is 1. The standard InChI is InChI=1S/C17H26N3O5PS2/c1-6-24-26(27,25-7-2)28-12-15(17(3,4)5)18-19-16(21)13-8-10-14(11-9-13)20(22)23/h8-11H,6-7,12H2,1-5H3,(H,19,21). The van der Waals surface area contributed by atoms with Gasteiger partial charge in [0.2, 0.25) is 5.69 Å². The third kappa shape index (κ3) is 7.97. The van der Waals surface area contributed by atoms with Gasteiger partial charge in [-0.15, -0.1) is 0 Å². The molecule has 1 rings (SSSR count). The van der Waals surface area contributed by atoms with E-state index in [4.69, 9.17) is 20.9 Å². The molecule has 0 spiro atoms. The fourth-order valence-electron chi connectivity index (χ4n) is 1.90. The lowest BCUT2D eigenvalue weighted by Gasteiger charge is -2.25. The Kier molecular flexibility index (Phi) is 9.73. The van der Waals surface area contributed by atoms with Crippen LogP contribution in [0.1, 0.15) is 45.0 Å². The maximum Gasteiger partial charge on any atom is 0.271 e. The molecule has 1 aromatic carbocycles. The van der Waals surface area contributed by atoms with E-state index in [1.54, 1.807) is 0 Å². The summed E-state index contributed by atoms with van der Waals surface area (Å²) in [7, 11) is 0. The van der Waals surface area contributed by atoms with Crippen LogP contribution in [0.2, 0.25) is 0 Å². The van der Waals surface area contributed by atoms with Crippen LogP contribution in [0, 0.1) is 15.5 Å². The zero-order chi connectivity index (χ0) is 21.4. The van der Waals surface area contributed by atoms with E-state index in [0.29, 0.717) is 19.0 Å². The van der Waals surface area contributed by atoms with Crippen molar-refractivity contribution in [2.75, 3.05) is 19.0 Å². The highest BCUT2D eigenvalue weighted by Crippen LogP contribution is 2.61. The summed E-state index contributed by atoms with van der Waals surface area (Å²) in [4.78, 5) is 22.5. The van der Waals surface area contributed by atoms with Gasteiger partial charge in [-0.3, -0.25) is 14.9 Å². The zero-order valence-electron chi connectivity index (χ0n) is 16.6. The number of carbonyl (C=O) groups is 1. The summed E-state index contributed by atoms with van der Waals surface area (Å²) < 4.78 is 11.3. The van der Waals surface area contributed by atoms with Crippen LogP contribution in [0.25, 0.3) is 0 Å². The summed E-state index contributed by atoms with van der Waals surface area (Å²) >= 11 is 6.90. The van der Waals surface area contributed by atoms with Crippen molar-refractivity contribution in [2.45, 2.75) is 34.6 Å². The highest BCUT2D eigenvalue weighted by atomic mass is 32.9. The minimum atomic E-state index is -2.47. The van der Waals surface area contributed by atoms with Crippen LogP contribution in [-0.2, 0) is 20.9 Å². The molecule has 156 valence electrons. The van der Waals surface area contributed by atoms with Crippen LogP contribution in [0.5, 0.6) is 0 Å². The Morgan fingerprint density at radius 1 is 1.25 bits per heavy atom. The molecule has 0 saturated heterocycles. The molecule has 0 atom stereocenters. The number of nitrogens with one attached hydrogen (secondary N) is 1. The van der Waals surface area contributed by atoms with Gasteiger partial charge in [0, 0.05) is 28.9 Å². The van der Waals surface area contributed by atoms with Crippen molar-refractivity contribution in [2.24, 2.45) is 10.5 Å². The molecular weight excluding hydrogens is 421 g/mol. The van der Waals surface area contributed by atoms with E-state index in [2.05, 4.69) is 10.5 Å². The number of hydrogen-bond acceptors (Lipinski definition) is 8. The van der Waals surface area contributed by atoms with E-state index >= 15 is 0 Å². The molecular formula is C17H26N3O5PS2. The Balaban J connectivity index is 2.89. The topological polar surface area (TPSA) is 103 Å². The molecule has 1 amide bonds. The molecule has 0 heterocycles. The molecule has 0 aliphatic rings. The first kappa shape index (κ1) is 24.7. The molecule has 0 aliphatic carbocycles. The number of benzene rings is 1. The van der Waals surface area contributed by atoms with Crippen molar-refractivity contribution >= 4 is 46.2 Å².